The highest BCUT2D eigenvalue weighted by Crippen LogP contribution is 2.25. The fraction of sp³-hybridized carbons (Fsp3) is 0.640. The van der Waals surface area contributed by atoms with Gasteiger partial charge in [0.25, 0.3) is 0 Å². The molecule has 1 saturated heterocycles. The number of nitrogens with one attached hydrogen (secondary N) is 2. The van der Waals surface area contributed by atoms with Gasteiger partial charge in [0.05, 0.1) is 6.54 Å². The van der Waals surface area contributed by atoms with Gasteiger partial charge in [0, 0.05) is 50.5 Å². The molecular formula is C25H40IN5. The Labute approximate surface area is 205 Å². The third kappa shape index (κ3) is 7.11. The van der Waals surface area contributed by atoms with E-state index in [0.717, 1.165) is 31.6 Å². The number of hydrogen-bond donors (Lipinski definition) is 2. The number of likely N-dealkylation sites (tertiary alicyclic amines) is 1. The van der Waals surface area contributed by atoms with Gasteiger partial charge in [-0.25, -0.2) is 4.99 Å². The van der Waals surface area contributed by atoms with E-state index in [0.29, 0.717) is 12.6 Å². The van der Waals surface area contributed by atoms with E-state index in [-0.39, 0.29) is 24.0 Å². The van der Waals surface area contributed by atoms with Gasteiger partial charge in [0.1, 0.15) is 0 Å². The maximum absolute atomic E-state index is 4.90. The van der Waals surface area contributed by atoms with Crippen molar-refractivity contribution >= 4 is 35.6 Å². The molecule has 1 saturated carbocycles. The maximum Gasteiger partial charge on any atom is 0.191 e. The first kappa shape index (κ1) is 24.4. The number of halogens is 1. The molecule has 5 nitrogen and oxygen atoms in total. The van der Waals surface area contributed by atoms with Crippen molar-refractivity contribution in [3.63, 3.8) is 0 Å². The van der Waals surface area contributed by atoms with Gasteiger partial charge in [-0.05, 0) is 50.3 Å². The molecule has 2 fully saturated rings. The van der Waals surface area contributed by atoms with Gasteiger partial charge in [0.2, 0.25) is 0 Å². The zero-order valence-corrected chi connectivity index (χ0v) is 21.4. The average Bonchev–Trinajstić information content (AvgIpc) is 3.34. The summed E-state index contributed by atoms with van der Waals surface area (Å²) in [5, 5.41) is 7.16. The number of piperidine rings is 1. The van der Waals surface area contributed by atoms with Crippen LogP contribution in [-0.2, 0) is 6.54 Å². The van der Waals surface area contributed by atoms with E-state index in [1.54, 1.807) is 0 Å². The molecule has 0 radical (unpaired) electrons. The number of hydrogen-bond acceptors (Lipinski definition) is 3. The van der Waals surface area contributed by atoms with E-state index in [4.69, 9.17) is 4.99 Å². The van der Waals surface area contributed by atoms with Crippen molar-refractivity contribution in [1.29, 1.82) is 0 Å². The molecule has 1 aromatic carbocycles. The summed E-state index contributed by atoms with van der Waals surface area (Å²) in [7, 11) is 0. The number of aliphatic imine (C=N–C) groups is 1. The molecule has 2 aliphatic heterocycles. The van der Waals surface area contributed by atoms with Crippen LogP contribution in [0.25, 0.3) is 0 Å². The molecule has 1 aromatic rings. The number of anilines is 1. The van der Waals surface area contributed by atoms with Crippen molar-refractivity contribution in [3.05, 3.63) is 42.0 Å². The van der Waals surface area contributed by atoms with Crippen LogP contribution in [0.4, 0.5) is 5.69 Å². The third-order valence-corrected chi connectivity index (χ3v) is 6.82. The van der Waals surface area contributed by atoms with Crippen molar-refractivity contribution < 1.29 is 0 Å². The van der Waals surface area contributed by atoms with E-state index in [9.17, 15) is 0 Å². The van der Waals surface area contributed by atoms with Crippen LogP contribution in [-0.4, -0.2) is 55.7 Å². The molecule has 172 valence electrons. The molecule has 4 rings (SSSR count). The molecule has 1 aliphatic carbocycles. The second-order valence-electron chi connectivity index (χ2n) is 8.99. The second kappa shape index (κ2) is 12.7. The lowest BCUT2D eigenvalue weighted by atomic mass is 9.92. The molecular weight excluding hydrogens is 497 g/mol. The first-order chi connectivity index (χ1) is 14.8. The molecule has 0 atom stereocenters. The lowest BCUT2D eigenvalue weighted by Crippen LogP contribution is -2.50. The van der Waals surface area contributed by atoms with Gasteiger partial charge in [0.15, 0.2) is 5.96 Å². The maximum atomic E-state index is 4.90. The summed E-state index contributed by atoms with van der Waals surface area (Å²) >= 11 is 0. The monoisotopic (exact) mass is 537 g/mol. The molecule has 31 heavy (non-hydrogen) atoms. The Kier molecular flexibility index (Phi) is 9.96. The SMILES string of the molecule is CCNC(=NCc1cccc(N2CC=CC2)c1)NC1CCN(C2CCCCC2)CC1.I. The molecule has 3 aliphatic rings. The number of rotatable bonds is 6. The molecule has 2 heterocycles. The topological polar surface area (TPSA) is 42.9 Å². The number of benzene rings is 1. The van der Waals surface area contributed by atoms with Crippen LogP contribution in [0.15, 0.2) is 41.4 Å². The zero-order chi connectivity index (χ0) is 20.6. The summed E-state index contributed by atoms with van der Waals surface area (Å²) in [6, 6.07) is 10.2. The van der Waals surface area contributed by atoms with E-state index in [2.05, 4.69) is 63.8 Å². The van der Waals surface area contributed by atoms with Gasteiger partial charge in [-0.1, -0.05) is 43.5 Å². The summed E-state index contributed by atoms with van der Waals surface area (Å²) in [5.41, 5.74) is 2.56. The smallest absolute Gasteiger partial charge is 0.191 e. The Bertz CT molecular complexity index is 712. The van der Waals surface area contributed by atoms with Crippen LogP contribution in [0, 0.1) is 0 Å². The van der Waals surface area contributed by atoms with Crippen molar-refractivity contribution in [2.24, 2.45) is 4.99 Å². The molecule has 0 amide bonds. The van der Waals surface area contributed by atoms with Crippen molar-refractivity contribution in [3.8, 4) is 0 Å². The van der Waals surface area contributed by atoms with Crippen LogP contribution in [0.2, 0.25) is 0 Å². The van der Waals surface area contributed by atoms with Crippen LogP contribution in [0.1, 0.15) is 57.4 Å². The molecule has 0 spiro atoms. The van der Waals surface area contributed by atoms with E-state index < -0.39 is 0 Å². The van der Waals surface area contributed by atoms with Crippen molar-refractivity contribution in [2.45, 2.75) is 70.5 Å². The van der Waals surface area contributed by atoms with Crippen molar-refractivity contribution in [2.75, 3.05) is 37.6 Å². The lowest BCUT2D eigenvalue weighted by molar-refractivity contribution is 0.119. The van der Waals surface area contributed by atoms with Gasteiger partial charge in [-0.3, -0.25) is 0 Å². The van der Waals surface area contributed by atoms with Crippen LogP contribution >= 0.6 is 24.0 Å². The van der Waals surface area contributed by atoms with E-state index >= 15 is 0 Å². The minimum absolute atomic E-state index is 0. The molecule has 2 N–H and O–H groups in total. The predicted octanol–water partition coefficient (Wildman–Crippen LogP) is 4.53. The van der Waals surface area contributed by atoms with Crippen LogP contribution in [0.5, 0.6) is 0 Å². The predicted molar refractivity (Wildman–Crippen MR) is 143 cm³/mol. The molecule has 0 bridgehead atoms. The minimum atomic E-state index is 0. The van der Waals surface area contributed by atoms with E-state index in [1.807, 2.05) is 0 Å². The Balaban J connectivity index is 0.00000272. The molecule has 0 unspecified atom stereocenters. The van der Waals surface area contributed by atoms with Gasteiger partial charge in [-0.15, -0.1) is 24.0 Å². The second-order valence-corrected chi connectivity index (χ2v) is 8.99. The van der Waals surface area contributed by atoms with Gasteiger partial charge in [-0.2, -0.15) is 0 Å². The third-order valence-electron chi connectivity index (χ3n) is 6.82. The summed E-state index contributed by atoms with van der Waals surface area (Å²) in [5.74, 6) is 0.960. The van der Waals surface area contributed by atoms with Crippen LogP contribution in [0.3, 0.4) is 0 Å². The fourth-order valence-electron chi connectivity index (χ4n) is 5.08. The summed E-state index contributed by atoms with van der Waals surface area (Å²) in [6.07, 6.45) is 14.0. The summed E-state index contributed by atoms with van der Waals surface area (Å²) < 4.78 is 0. The highest BCUT2D eigenvalue weighted by molar-refractivity contribution is 14.0. The lowest BCUT2D eigenvalue weighted by Gasteiger charge is -2.39. The molecule has 0 aromatic heterocycles. The summed E-state index contributed by atoms with van der Waals surface area (Å²) in [6.45, 7) is 8.23. The Morgan fingerprint density at radius 2 is 1.77 bits per heavy atom. The van der Waals surface area contributed by atoms with E-state index in [1.165, 1.54) is 69.3 Å². The quantitative estimate of drug-likeness (QED) is 0.242. The highest BCUT2D eigenvalue weighted by atomic mass is 127. The Morgan fingerprint density at radius 3 is 2.48 bits per heavy atom. The fourth-order valence-corrected chi connectivity index (χ4v) is 5.08. The first-order valence-electron chi connectivity index (χ1n) is 12.1. The summed E-state index contributed by atoms with van der Waals surface area (Å²) in [4.78, 5) is 10.0. The van der Waals surface area contributed by atoms with Gasteiger partial charge >= 0.3 is 0 Å². The average molecular weight is 538 g/mol. The zero-order valence-electron chi connectivity index (χ0n) is 19.1. The Morgan fingerprint density at radius 1 is 1.03 bits per heavy atom. The first-order valence-corrected chi connectivity index (χ1v) is 12.1. The van der Waals surface area contributed by atoms with Crippen LogP contribution < -0.4 is 15.5 Å². The minimum Gasteiger partial charge on any atom is -0.364 e. The van der Waals surface area contributed by atoms with Gasteiger partial charge < -0.3 is 20.4 Å². The normalized spacial score (nSPS) is 21.2. The standard InChI is InChI=1S/C25H39N5.HI/c1-2-26-25(27-20-21-9-8-12-24(19-21)29-15-6-7-16-29)28-22-13-17-30(18-14-22)23-10-4-3-5-11-23;/h6-9,12,19,22-23H,2-5,10-11,13-18,20H2,1H3,(H2,26,27,28);1H. The van der Waals surface area contributed by atoms with Crippen molar-refractivity contribution in [1.82, 2.24) is 15.5 Å². The number of nitrogens with zero attached hydrogens (tertiary/aromatic N) is 3. The number of guanidine groups is 1. The largest absolute Gasteiger partial charge is 0.364 e. The highest BCUT2D eigenvalue weighted by Gasteiger charge is 2.26. The Hall–Kier alpha value is -1.28. The molecule has 6 heteroatoms.